The van der Waals surface area contributed by atoms with E-state index in [4.69, 9.17) is 0 Å². The quantitative estimate of drug-likeness (QED) is 0.788. The molecule has 0 bridgehead atoms. The van der Waals surface area contributed by atoms with Crippen LogP contribution in [0.5, 0.6) is 0 Å². The highest BCUT2D eigenvalue weighted by Gasteiger charge is 2.21. The molecule has 0 spiro atoms. The van der Waals surface area contributed by atoms with Crippen LogP contribution in [0, 0.1) is 0 Å². The van der Waals surface area contributed by atoms with Crippen LogP contribution in [-0.4, -0.2) is 32.1 Å². The Morgan fingerprint density at radius 3 is 2.29 bits per heavy atom. The van der Waals surface area contributed by atoms with Crippen molar-refractivity contribution in [3.63, 3.8) is 0 Å². The first-order valence-corrected chi connectivity index (χ1v) is 10.7. The Bertz CT molecular complexity index is 779. The average Bonchev–Trinajstić information content (AvgIpc) is 3.24. The maximum Gasteiger partial charge on any atom is 0.255 e. The summed E-state index contributed by atoms with van der Waals surface area (Å²) in [5.74, 6) is 0.630. The maximum absolute atomic E-state index is 12.6. The van der Waals surface area contributed by atoms with Gasteiger partial charge in [0.2, 0.25) is 0 Å². The molecule has 28 heavy (non-hydrogen) atoms. The minimum Gasteiger partial charge on any atom is -0.370 e. The van der Waals surface area contributed by atoms with Gasteiger partial charge in [-0.15, -0.1) is 0 Å². The number of hydrogen-bond donors (Lipinski definition) is 2. The van der Waals surface area contributed by atoms with Crippen LogP contribution in [0.2, 0.25) is 0 Å². The second-order valence-corrected chi connectivity index (χ2v) is 8.18. The number of nitrogens with zero attached hydrogens (tertiary/aromatic N) is 1. The van der Waals surface area contributed by atoms with Crippen LogP contribution in [0.1, 0.15) is 60.4 Å². The molecule has 1 aliphatic heterocycles. The summed E-state index contributed by atoms with van der Waals surface area (Å²) in [6.45, 7) is 2.11. The number of carbonyl (C=O) groups is 1. The van der Waals surface area contributed by atoms with E-state index in [0.29, 0.717) is 12.0 Å². The molecule has 0 radical (unpaired) electrons. The molecule has 1 aliphatic carbocycles. The number of carbonyl (C=O) groups excluding carboxylic acids is 1. The highest BCUT2D eigenvalue weighted by molar-refractivity contribution is 6.04. The number of hydrogen-bond acceptors (Lipinski definition) is 3. The molecule has 0 aromatic heterocycles. The third-order valence-electron chi connectivity index (χ3n) is 6.34. The van der Waals surface area contributed by atoms with E-state index >= 15 is 0 Å². The molecule has 4 rings (SSSR count). The standard InChI is InChI=1S/C24H31N3O/c1-25-22-15-16-27(17-22)23-13-11-21(12-14-23)26-24(28)20-9-7-19(8-10-20)18-5-3-2-4-6-18/h7-14,18,22,25H,2-6,15-17H2,1H3,(H,26,28)/t22-/m1/s1. The molecule has 2 aromatic rings. The lowest BCUT2D eigenvalue weighted by Crippen LogP contribution is -2.29. The van der Waals surface area contributed by atoms with Gasteiger partial charge in [-0.2, -0.15) is 0 Å². The number of anilines is 2. The molecule has 1 saturated heterocycles. The SMILES string of the molecule is CN[C@@H]1CCN(c2ccc(NC(=O)c3ccc(C4CCCCC4)cc3)cc2)C1. The Labute approximate surface area is 168 Å². The molecule has 1 saturated carbocycles. The van der Waals surface area contributed by atoms with Crippen molar-refractivity contribution in [2.24, 2.45) is 0 Å². The summed E-state index contributed by atoms with van der Waals surface area (Å²) < 4.78 is 0. The van der Waals surface area contributed by atoms with Crippen molar-refractivity contribution in [1.29, 1.82) is 0 Å². The first-order chi connectivity index (χ1) is 13.7. The topological polar surface area (TPSA) is 44.4 Å². The second-order valence-electron chi connectivity index (χ2n) is 8.18. The lowest BCUT2D eigenvalue weighted by Gasteiger charge is -2.22. The van der Waals surface area contributed by atoms with Gasteiger partial charge in [-0.05, 0) is 74.2 Å². The zero-order valence-corrected chi connectivity index (χ0v) is 16.8. The Kier molecular flexibility index (Phi) is 5.96. The van der Waals surface area contributed by atoms with Crippen molar-refractivity contribution in [2.45, 2.75) is 50.5 Å². The highest BCUT2D eigenvalue weighted by atomic mass is 16.1. The van der Waals surface area contributed by atoms with Crippen LogP contribution >= 0.6 is 0 Å². The van der Waals surface area contributed by atoms with Gasteiger partial charge < -0.3 is 15.5 Å². The Hall–Kier alpha value is -2.33. The molecular weight excluding hydrogens is 346 g/mol. The van der Waals surface area contributed by atoms with E-state index in [1.54, 1.807) is 0 Å². The summed E-state index contributed by atoms with van der Waals surface area (Å²) in [5, 5.41) is 6.37. The van der Waals surface area contributed by atoms with E-state index in [0.717, 1.165) is 24.3 Å². The predicted octanol–water partition coefficient (Wildman–Crippen LogP) is 4.78. The molecule has 4 nitrogen and oxygen atoms in total. The molecule has 148 valence electrons. The lowest BCUT2D eigenvalue weighted by molar-refractivity contribution is 0.102. The van der Waals surface area contributed by atoms with E-state index in [1.807, 2.05) is 31.3 Å². The number of rotatable bonds is 5. The Morgan fingerprint density at radius 2 is 1.64 bits per heavy atom. The van der Waals surface area contributed by atoms with Gasteiger partial charge in [-0.3, -0.25) is 4.79 Å². The van der Waals surface area contributed by atoms with Gasteiger partial charge in [-0.25, -0.2) is 0 Å². The minimum atomic E-state index is -0.0423. The Balaban J connectivity index is 1.35. The molecule has 0 unspecified atom stereocenters. The molecule has 2 aliphatic rings. The monoisotopic (exact) mass is 377 g/mol. The van der Waals surface area contributed by atoms with Gasteiger partial charge in [0, 0.05) is 36.1 Å². The van der Waals surface area contributed by atoms with Crippen LogP contribution < -0.4 is 15.5 Å². The molecule has 2 N–H and O–H groups in total. The van der Waals surface area contributed by atoms with E-state index in [1.165, 1.54) is 49.8 Å². The van der Waals surface area contributed by atoms with Crippen molar-refractivity contribution in [2.75, 3.05) is 30.4 Å². The van der Waals surface area contributed by atoms with Gasteiger partial charge >= 0.3 is 0 Å². The molecule has 1 amide bonds. The average molecular weight is 378 g/mol. The molecule has 4 heteroatoms. The van der Waals surface area contributed by atoms with Gasteiger partial charge in [0.15, 0.2) is 0 Å². The number of amides is 1. The van der Waals surface area contributed by atoms with Crippen molar-refractivity contribution in [1.82, 2.24) is 5.32 Å². The van der Waals surface area contributed by atoms with Crippen LogP contribution in [0.4, 0.5) is 11.4 Å². The summed E-state index contributed by atoms with van der Waals surface area (Å²) in [6.07, 6.45) is 7.76. The highest BCUT2D eigenvalue weighted by Crippen LogP contribution is 2.32. The van der Waals surface area contributed by atoms with Crippen molar-refractivity contribution < 1.29 is 4.79 Å². The number of likely N-dealkylation sites (N-methyl/N-ethyl adjacent to an activating group) is 1. The Morgan fingerprint density at radius 1 is 0.929 bits per heavy atom. The largest absolute Gasteiger partial charge is 0.370 e. The molecule has 2 aromatic carbocycles. The fraction of sp³-hybridized carbons (Fsp3) is 0.458. The van der Waals surface area contributed by atoms with E-state index in [9.17, 15) is 4.79 Å². The zero-order valence-electron chi connectivity index (χ0n) is 16.8. The second kappa shape index (κ2) is 8.78. The summed E-state index contributed by atoms with van der Waals surface area (Å²) >= 11 is 0. The number of nitrogens with one attached hydrogen (secondary N) is 2. The minimum absolute atomic E-state index is 0.0423. The van der Waals surface area contributed by atoms with Gasteiger partial charge in [0.05, 0.1) is 0 Å². The van der Waals surface area contributed by atoms with Crippen LogP contribution in [0.25, 0.3) is 0 Å². The fourth-order valence-electron chi connectivity index (χ4n) is 4.53. The predicted molar refractivity (Wildman–Crippen MR) is 116 cm³/mol. The molecule has 1 heterocycles. The van der Waals surface area contributed by atoms with Crippen LogP contribution in [0.15, 0.2) is 48.5 Å². The molecule has 2 fully saturated rings. The first kappa shape index (κ1) is 19.0. The summed E-state index contributed by atoms with van der Waals surface area (Å²) in [6, 6.07) is 17.0. The molecule has 1 atom stereocenters. The van der Waals surface area contributed by atoms with Crippen LogP contribution in [-0.2, 0) is 0 Å². The summed E-state index contributed by atoms with van der Waals surface area (Å²) in [5.41, 5.74) is 4.16. The van der Waals surface area contributed by atoms with Crippen molar-refractivity contribution >= 4 is 17.3 Å². The van der Waals surface area contributed by atoms with E-state index in [-0.39, 0.29) is 5.91 Å². The lowest BCUT2D eigenvalue weighted by atomic mass is 9.84. The first-order valence-electron chi connectivity index (χ1n) is 10.7. The zero-order chi connectivity index (χ0) is 19.3. The third kappa shape index (κ3) is 4.39. The molecular formula is C24H31N3O. The van der Waals surface area contributed by atoms with Gasteiger partial charge in [0.1, 0.15) is 0 Å². The van der Waals surface area contributed by atoms with Crippen molar-refractivity contribution in [3.05, 3.63) is 59.7 Å². The summed E-state index contributed by atoms with van der Waals surface area (Å²) in [4.78, 5) is 15.0. The third-order valence-corrected chi connectivity index (χ3v) is 6.34. The maximum atomic E-state index is 12.6. The van der Waals surface area contributed by atoms with E-state index < -0.39 is 0 Å². The van der Waals surface area contributed by atoms with Crippen molar-refractivity contribution in [3.8, 4) is 0 Å². The van der Waals surface area contributed by atoms with Gasteiger partial charge in [-0.1, -0.05) is 31.4 Å². The summed E-state index contributed by atoms with van der Waals surface area (Å²) in [7, 11) is 2.02. The van der Waals surface area contributed by atoms with Crippen LogP contribution in [0.3, 0.4) is 0 Å². The normalized spacial score (nSPS) is 20.3. The smallest absolute Gasteiger partial charge is 0.255 e. The fourth-order valence-corrected chi connectivity index (χ4v) is 4.53. The number of benzene rings is 2. The van der Waals surface area contributed by atoms with Gasteiger partial charge in [0.25, 0.3) is 5.91 Å². The van der Waals surface area contributed by atoms with E-state index in [2.05, 4.69) is 39.8 Å².